The van der Waals surface area contributed by atoms with Crippen molar-refractivity contribution in [3.8, 4) is 5.75 Å². The molecular weight excluding hydrogens is 552 g/mol. The molecule has 7 nitrogen and oxygen atoms in total. The molecule has 2 bridgehead atoms. The number of ether oxygens (including phenoxy) is 1. The Morgan fingerprint density at radius 2 is 1.23 bits per heavy atom. The minimum atomic E-state index is -0.592. The summed E-state index contributed by atoms with van der Waals surface area (Å²) in [5.41, 5.74) is 7.44. The van der Waals surface area contributed by atoms with Crippen LogP contribution in [-0.4, -0.2) is 30.2 Å². The summed E-state index contributed by atoms with van der Waals surface area (Å²) in [5.74, 6) is -2.52. The lowest BCUT2D eigenvalue weighted by Gasteiger charge is -2.45. The van der Waals surface area contributed by atoms with E-state index in [4.69, 9.17) is 4.74 Å². The number of anilines is 2. The molecule has 3 amide bonds. The van der Waals surface area contributed by atoms with Gasteiger partial charge in [0, 0.05) is 30.5 Å². The number of para-hydroxylation sites is 1. The highest BCUT2D eigenvalue weighted by Gasteiger charge is 2.61. The molecule has 9 rings (SSSR count). The van der Waals surface area contributed by atoms with Gasteiger partial charge in [-0.2, -0.15) is 0 Å². The van der Waals surface area contributed by atoms with Crippen LogP contribution in [0.2, 0.25) is 0 Å². The van der Waals surface area contributed by atoms with Crippen molar-refractivity contribution in [1.82, 2.24) is 0 Å². The molecule has 44 heavy (non-hydrogen) atoms. The second-order valence-corrected chi connectivity index (χ2v) is 12.3. The van der Waals surface area contributed by atoms with Crippen molar-refractivity contribution in [3.63, 3.8) is 0 Å². The Hall–Kier alpha value is -5.04. The molecular formula is C37H30N2O5. The minimum Gasteiger partial charge on any atom is -0.426 e. The normalized spacial score (nSPS) is 24.8. The van der Waals surface area contributed by atoms with Gasteiger partial charge >= 0.3 is 5.97 Å². The second-order valence-electron chi connectivity index (χ2n) is 12.3. The molecule has 7 heteroatoms. The fourth-order valence-electron chi connectivity index (χ4n) is 8.02. The Morgan fingerprint density at radius 3 is 1.77 bits per heavy atom. The van der Waals surface area contributed by atoms with Crippen LogP contribution in [0.3, 0.4) is 0 Å². The van der Waals surface area contributed by atoms with Crippen LogP contribution in [0.1, 0.15) is 51.6 Å². The van der Waals surface area contributed by atoms with Crippen molar-refractivity contribution in [3.05, 3.63) is 124 Å². The van der Waals surface area contributed by atoms with E-state index < -0.39 is 23.7 Å². The van der Waals surface area contributed by atoms with E-state index in [2.05, 4.69) is 24.3 Å². The summed E-state index contributed by atoms with van der Waals surface area (Å²) in [6, 6.07) is 29.0. The molecule has 0 unspecified atom stereocenters. The molecule has 218 valence electrons. The standard InChI is InChI=1S/C37H30N2O5/c1-20-9-3-8-14-28(20)38-19-22(18-30(38)40)37(43)44-23-15-16-29(21(2)17-23)39-35(41)33-31-24-10-4-5-11-25(24)32(34(33)36(39)42)27-13-7-6-12-26(27)31/h3-17,22,31-34H,18-19H2,1-2H3/t22-,31?,32?,33-,34+/m1/s1. The Balaban J connectivity index is 1.05. The monoisotopic (exact) mass is 582 g/mol. The highest BCUT2D eigenvalue weighted by molar-refractivity contribution is 6.23. The van der Waals surface area contributed by atoms with E-state index in [9.17, 15) is 19.2 Å². The van der Waals surface area contributed by atoms with Gasteiger partial charge in [0.25, 0.3) is 0 Å². The zero-order valence-corrected chi connectivity index (χ0v) is 24.4. The van der Waals surface area contributed by atoms with Crippen molar-refractivity contribution in [2.45, 2.75) is 32.1 Å². The first-order valence-corrected chi connectivity index (χ1v) is 15.1. The molecule has 0 radical (unpaired) electrons. The molecule has 0 aromatic heterocycles. The van der Waals surface area contributed by atoms with Crippen molar-refractivity contribution < 1.29 is 23.9 Å². The first kappa shape index (κ1) is 26.6. The van der Waals surface area contributed by atoms with Crippen LogP contribution < -0.4 is 14.5 Å². The third-order valence-corrected chi connectivity index (χ3v) is 9.94. The Kier molecular flexibility index (Phi) is 5.88. The number of hydrogen-bond donors (Lipinski definition) is 0. The van der Waals surface area contributed by atoms with Gasteiger partial charge in [0.1, 0.15) is 5.75 Å². The van der Waals surface area contributed by atoms with Gasteiger partial charge in [0.05, 0.1) is 23.4 Å². The molecule has 3 aliphatic carbocycles. The third-order valence-electron chi connectivity index (χ3n) is 9.94. The van der Waals surface area contributed by atoms with Crippen molar-refractivity contribution >= 4 is 35.1 Å². The molecule has 2 saturated heterocycles. The lowest BCUT2D eigenvalue weighted by Crippen LogP contribution is -2.41. The highest BCUT2D eigenvalue weighted by atomic mass is 16.5. The smallest absolute Gasteiger partial charge is 0.316 e. The van der Waals surface area contributed by atoms with Crippen LogP contribution in [0.25, 0.3) is 0 Å². The van der Waals surface area contributed by atoms with Gasteiger partial charge < -0.3 is 9.64 Å². The fourth-order valence-corrected chi connectivity index (χ4v) is 8.02. The molecule has 0 N–H and O–H groups in total. The summed E-state index contributed by atoms with van der Waals surface area (Å²) in [7, 11) is 0. The molecule has 4 aromatic carbocycles. The Labute approximate surface area is 255 Å². The lowest BCUT2D eigenvalue weighted by molar-refractivity contribution is -0.139. The number of imide groups is 1. The first-order chi connectivity index (χ1) is 21.3. The number of hydrogen-bond acceptors (Lipinski definition) is 5. The van der Waals surface area contributed by atoms with Gasteiger partial charge in [-0.1, -0.05) is 66.7 Å². The molecule has 2 fully saturated rings. The van der Waals surface area contributed by atoms with E-state index in [1.807, 2.05) is 62.4 Å². The number of amides is 3. The number of carbonyl (C=O) groups is 4. The van der Waals surface area contributed by atoms with Crippen LogP contribution in [0.4, 0.5) is 11.4 Å². The number of rotatable bonds is 4. The van der Waals surface area contributed by atoms with Crippen LogP contribution in [-0.2, 0) is 19.2 Å². The summed E-state index contributed by atoms with van der Waals surface area (Å²) < 4.78 is 5.73. The summed E-state index contributed by atoms with van der Waals surface area (Å²) in [4.78, 5) is 57.1. The van der Waals surface area contributed by atoms with Gasteiger partial charge in [-0.05, 0) is 71.5 Å². The van der Waals surface area contributed by atoms with E-state index in [0.29, 0.717) is 17.0 Å². The topological polar surface area (TPSA) is 84.0 Å². The summed E-state index contributed by atoms with van der Waals surface area (Å²) in [5, 5.41) is 0. The molecule has 2 heterocycles. The zero-order valence-electron chi connectivity index (χ0n) is 24.4. The van der Waals surface area contributed by atoms with E-state index in [-0.39, 0.29) is 42.5 Å². The zero-order chi connectivity index (χ0) is 30.3. The lowest BCUT2D eigenvalue weighted by atomic mass is 9.55. The SMILES string of the molecule is Cc1ccccc1N1C[C@H](C(=O)Oc2ccc(N3C(=O)[C@@H]4C5c6ccccc6C(c6ccccc65)[C@@H]4C3=O)c(C)c2)CC1=O. The maximum absolute atomic E-state index is 14.1. The average Bonchev–Trinajstić information content (AvgIpc) is 3.54. The maximum Gasteiger partial charge on any atom is 0.316 e. The fraction of sp³-hybridized carbons (Fsp3) is 0.243. The molecule has 0 spiro atoms. The molecule has 4 aromatic rings. The van der Waals surface area contributed by atoms with E-state index >= 15 is 0 Å². The quantitative estimate of drug-likeness (QED) is 0.176. The van der Waals surface area contributed by atoms with Gasteiger partial charge in [-0.25, -0.2) is 4.90 Å². The summed E-state index contributed by atoms with van der Waals surface area (Å²) in [6.07, 6.45) is 0.0803. The summed E-state index contributed by atoms with van der Waals surface area (Å²) in [6.45, 7) is 4.00. The number of nitrogens with zero attached hydrogens (tertiary/aromatic N) is 2. The maximum atomic E-state index is 14.1. The molecule has 5 aliphatic rings. The van der Waals surface area contributed by atoms with Gasteiger partial charge in [-0.15, -0.1) is 0 Å². The van der Waals surface area contributed by atoms with Gasteiger partial charge in [0.2, 0.25) is 17.7 Å². The average molecular weight is 583 g/mol. The van der Waals surface area contributed by atoms with Crippen molar-refractivity contribution in [2.24, 2.45) is 17.8 Å². The highest BCUT2D eigenvalue weighted by Crippen LogP contribution is 2.61. The number of carbonyl (C=O) groups excluding carboxylic acids is 4. The molecule has 2 aliphatic heterocycles. The predicted octanol–water partition coefficient (Wildman–Crippen LogP) is 5.66. The predicted molar refractivity (Wildman–Crippen MR) is 164 cm³/mol. The molecule has 0 saturated carbocycles. The van der Waals surface area contributed by atoms with E-state index in [1.54, 1.807) is 23.1 Å². The second kappa shape index (κ2) is 9.74. The number of benzene rings is 4. The van der Waals surface area contributed by atoms with Crippen LogP contribution in [0.5, 0.6) is 5.75 Å². The molecule has 3 atom stereocenters. The van der Waals surface area contributed by atoms with Gasteiger partial charge in [0.15, 0.2) is 0 Å². The van der Waals surface area contributed by atoms with Gasteiger partial charge in [-0.3, -0.25) is 19.2 Å². The Bertz CT molecular complexity index is 1800. The Morgan fingerprint density at radius 1 is 0.682 bits per heavy atom. The van der Waals surface area contributed by atoms with Crippen molar-refractivity contribution in [1.29, 1.82) is 0 Å². The third kappa shape index (κ3) is 3.75. The van der Waals surface area contributed by atoms with Crippen LogP contribution in [0, 0.1) is 31.6 Å². The van der Waals surface area contributed by atoms with Crippen LogP contribution in [0.15, 0.2) is 91.0 Å². The van der Waals surface area contributed by atoms with Crippen LogP contribution >= 0.6 is 0 Å². The minimum absolute atomic E-state index is 0.0803. The summed E-state index contributed by atoms with van der Waals surface area (Å²) >= 11 is 0. The van der Waals surface area contributed by atoms with E-state index in [0.717, 1.165) is 33.5 Å². The van der Waals surface area contributed by atoms with Crippen molar-refractivity contribution in [2.75, 3.05) is 16.3 Å². The number of aryl methyl sites for hydroxylation is 2. The number of esters is 1. The van der Waals surface area contributed by atoms with E-state index in [1.165, 1.54) is 4.90 Å². The first-order valence-electron chi connectivity index (χ1n) is 15.1. The largest absolute Gasteiger partial charge is 0.426 e.